The average molecular weight is 463 g/mol. The van der Waals surface area contributed by atoms with Crippen molar-refractivity contribution in [2.45, 2.75) is 43.7 Å². The molecule has 35 heavy (non-hydrogen) atoms. The topological polar surface area (TPSA) is 102 Å². The molecular weight excluding hydrogens is 436 g/mol. The van der Waals surface area contributed by atoms with Crippen LogP contribution in [0.25, 0.3) is 39.3 Å². The average Bonchev–Trinajstić information content (AvgIpc) is 3.66. The number of rotatable bonds is 4. The molecule has 2 saturated carbocycles. The summed E-state index contributed by atoms with van der Waals surface area (Å²) in [4.78, 5) is 10.2. The van der Waals surface area contributed by atoms with Crippen LogP contribution in [0.15, 0.2) is 66.7 Å². The van der Waals surface area contributed by atoms with E-state index in [1.54, 1.807) is 0 Å². The number of hydrogen-bond donors (Lipinski definition) is 2. The fourth-order valence-electron chi connectivity index (χ4n) is 5.73. The standard InChI is InChI=1S/C28H26N6O/c1-17-32-33-23-14-13-22-26(34(17)23)31-25(18-5-3-2-4-6-18)24(30-22)19-7-9-20(10-8-19)27(29)15-28(35,16-27)21-11-12-21/h2-10,13-14,21,35H,11-12,15-16,29H2,1H3/t27-,28-. The largest absolute Gasteiger partial charge is 0.389 e. The Morgan fingerprint density at radius 3 is 2.26 bits per heavy atom. The second-order valence-corrected chi connectivity index (χ2v) is 10.2. The first-order valence-electron chi connectivity index (χ1n) is 12.1. The van der Waals surface area contributed by atoms with Crippen LogP contribution in [-0.2, 0) is 5.54 Å². The van der Waals surface area contributed by atoms with Crippen LogP contribution in [0.4, 0.5) is 0 Å². The number of pyridine rings is 1. The minimum absolute atomic E-state index is 0.431. The van der Waals surface area contributed by atoms with E-state index in [2.05, 4.69) is 46.6 Å². The maximum atomic E-state index is 10.8. The minimum Gasteiger partial charge on any atom is -0.389 e. The molecule has 3 heterocycles. The molecule has 5 aromatic rings. The van der Waals surface area contributed by atoms with Gasteiger partial charge in [0.15, 0.2) is 11.3 Å². The van der Waals surface area contributed by atoms with E-state index in [-0.39, 0.29) is 0 Å². The monoisotopic (exact) mass is 462 g/mol. The molecule has 3 aromatic heterocycles. The Morgan fingerprint density at radius 1 is 0.857 bits per heavy atom. The fourth-order valence-corrected chi connectivity index (χ4v) is 5.73. The van der Waals surface area contributed by atoms with Crippen LogP contribution in [0.5, 0.6) is 0 Å². The number of hydrogen-bond acceptors (Lipinski definition) is 6. The summed E-state index contributed by atoms with van der Waals surface area (Å²) in [7, 11) is 0. The first kappa shape index (κ1) is 20.7. The molecule has 2 aliphatic carbocycles. The Hall–Kier alpha value is -3.68. The van der Waals surface area contributed by atoms with E-state index in [1.165, 1.54) is 0 Å². The van der Waals surface area contributed by atoms with Crippen LogP contribution in [0.2, 0.25) is 0 Å². The smallest absolute Gasteiger partial charge is 0.166 e. The zero-order valence-electron chi connectivity index (χ0n) is 19.5. The summed E-state index contributed by atoms with van der Waals surface area (Å²) in [6.45, 7) is 1.92. The molecule has 0 saturated heterocycles. The first-order valence-corrected chi connectivity index (χ1v) is 12.1. The van der Waals surface area contributed by atoms with Gasteiger partial charge in [0.05, 0.1) is 17.0 Å². The number of aromatic nitrogens is 5. The maximum absolute atomic E-state index is 10.8. The van der Waals surface area contributed by atoms with Gasteiger partial charge in [-0.3, -0.25) is 4.40 Å². The number of benzene rings is 2. The quantitative estimate of drug-likeness (QED) is 0.410. The third kappa shape index (κ3) is 3.19. The molecule has 0 atom stereocenters. The van der Waals surface area contributed by atoms with Gasteiger partial charge >= 0.3 is 0 Å². The van der Waals surface area contributed by atoms with Crippen molar-refractivity contribution in [1.82, 2.24) is 24.6 Å². The van der Waals surface area contributed by atoms with Crippen LogP contribution in [-0.4, -0.2) is 35.3 Å². The van der Waals surface area contributed by atoms with Gasteiger partial charge in [0.25, 0.3) is 0 Å². The zero-order valence-corrected chi connectivity index (χ0v) is 19.5. The number of aliphatic hydroxyl groups is 1. The van der Waals surface area contributed by atoms with Gasteiger partial charge in [-0.1, -0.05) is 54.6 Å². The van der Waals surface area contributed by atoms with Gasteiger partial charge in [-0.2, -0.15) is 0 Å². The molecule has 7 nitrogen and oxygen atoms in total. The molecular formula is C28H26N6O. The summed E-state index contributed by atoms with van der Waals surface area (Å²) in [6, 6.07) is 22.3. The molecule has 2 fully saturated rings. The Bertz CT molecular complexity index is 1580. The fraction of sp³-hybridized carbons (Fsp3) is 0.286. The second-order valence-electron chi connectivity index (χ2n) is 10.2. The lowest BCUT2D eigenvalue weighted by molar-refractivity contribution is -0.106. The molecule has 0 amide bonds. The van der Waals surface area contributed by atoms with Crippen LogP contribution in [0.1, 0.15) is 37.1 Å². The van der Waals surface area contributed by atoms with Crippen molar-refractivity contribution in [3.8, 4) is 22.5 Å². The van der Waals surface area contributed by atoms with Crippen molar-refractivity contribution in [1.29, 1.82) is 0 Å². The van der Waals surface area contributed by atoms with Crippen LogP contribution in [0.3, 0.4) is 0 Å². The van der Waals surface area contributed by atoms with Crippen molar-refractivity contribution < 1.29 is 5.11 Å². The van der Waals surface area contributed by atoms with E-state index >= 15 is 0 Å². The maximum Gasteiger partial charge on any atom is 0.166 e. The normalized spacial score (nSPS) is 24.1. The molecule has 3 N–H and O–H groups in total. The summed E-state index contributed by atoms with van der Waals surface area (Å²) in [5.74, 6) is 1.21. The minimum atomic E-state index is -0.580. The Kier molecular flexibility index (Phi) is 4.23. The van der Waals surface area contributed by atoms with Crippen LogP contribution >= 0.6 is 0 Å². The zero-order chi connectivity index (χ0) is 23.8. The third-order valence-electron chi connectivity index (χ3n) is 7.72. The first-order chi connectivity index (χ1) is 16.9. The molecule has 0 bridgehead atoms. The predicted molar refractivity (Wildman–Crippen MR) is 134 cm³/mol. The molecule has 0 radical (unpaired) electrons. The van der Waals surface area contributed by atoms with Crippen LogP contribution in [0, 0.1) is 12.8 Å². The Labute approximate surface area is 202 Å². The number of nitrogens with zero attached hydrogens (tertiary/aromatic N) is 5. The van der Waals surface area contributed by atoms with Gasteiger partial charge in [0, 0.05) is 16.7 Å². The number of fused-ring (bicyclic) bond motifs is 3. The summed E-state index contributed by atoms with van der Waals surface area (Å²) >= 11 is 0. The van der Waals surface area contributed by atoms with Gasteiger partial charge in [-0.05, 0) is 56.2 Å². The van der Waals surface area contributed by atoms with Crippen molar-refractivity contribution in [3.05, 3.63) is 78.1 Å². The lowest BCUT2D eigenvalue weighted by atomic mass is 9.60. The highest BCUT2D eigenvalue weighted by Gasteiger charge is 2.58. The summed E-state index contributed by atoms with van der Waals surface area (Å²) in [5, 5.41) is 19.3. The lowest BCUT2D eigenvalue weighted by Gasteiger charge is -2.52. The molecule has 0 aliphatic heterocycles. The van der Waals surface area contributed by atoms with Crippen molar-refractivity contribution in [2.75, 3.05) is 0 Å². The molecule has 174 valence electrons. The Balaban J connectivity index is 1.34. The van der Waals surface area contributed by atoms with Crippen LogP contribution < -0.4 is 5.73 Å². The van der Waals surface area contributed by atoms with Gasteiger partial charge in [0.2, 0.25) is 0 Å². The van der Waals surface area contributed by atoms with Crippen molar-refractivity contribution in [3.63, 3.8) is 0 Å². The third-order valence-corrected chi connectivity index (χ3v) is 7.72. The SMILES string of the molecule is Cc1nnc2ccc3nc(-c4ccc([C@]5(N)C[C@@](O)(C6CC6)C5)cc4)c(-c4ccccc4)nc3n12. The predicted octanol–water partition coefficient (Wildman–Crippen LogP) is 4.40. The summed E-state index contributed by atoms with van der Waals surface area (Å²) in [6.07, 6.45) is 3.50. The molecule has 0 spiro atoms. The van der Waals surface area contributed by atoms with E-state index in [1.807, 2.05) is 41.7 Å². The highest BCUT2D eigenvalue weighted by molar-refractivity contribution is 5.86. The van der Waals surface area contributed by atoms with Gasteiger partial charge in [-0.15, -0.1) is 10.2 Å². The van der Waals surface area contributed by atoms with Crippen molar-refractivity contribution >= 4 is 16.8 Å². The number of aryl methyl sites for hydroxylation is 1. The highest BCUT2D eigenvalue weighted by Crippen LogP contribution is 2.57. The summed E-state index contributed by atoms with van der Waals surface area (Å²) < 4.78 is 1.94. The van der Waals surface area contributed by atoms with E-state index in [0.29, 0.717) is 18.8 Å². The lowest BCUT2D eigenvalue weighted by Crippen LogP contribution is -2.60. The van der Waals surface area contributed by atoms with Gasteiger partial charge in [-0.25, -0.2) is 9.97 Å². The molecule has 2 aromatic carbocycles. The van der Waals surface area contributed by atoms with E-state index < -0.39 is 11.1 Å². The molecule has 7 heteroatoms. The van der Waals surface area contributed by atoms with E-state index in [4.69, 9.17) is 15.7 Å². The molecule has 0 unspecified atom stereocenters. The highest BCUT2D eigenvalue weighted by atomic mass is 16.3. The molecule has 2 aliphatic rings. The summed E-state index contributed by atoms with van der Waals surface area (Å²) in [5.41, 5.74) is 12.6. The van der Waals surface area contributed by atoms with E-state index in [9.17, 15) is 5.11 Å². The Morgan fingerprint density at radius 2 is 1.54 bits per heavy atom. The van der Waals surface area contributed by atoms with Gasteiger partial charge < -0.3 is 10.8 Å². The molecule has 7 rings (SSSR count). The van der Waals surface area contributed by atoms with Gasteiger partial charge in [0.1, 0.15) is 11.3 Å². The van der Waals surface area contributed by atoms with Crippen molar-refractivity contribution in [2.24, 2.45) is 11.7 Å². The number of nitrogens with two attached hydrogens (primary N) is 1. The second kappa shape index (κ2) is 7.16. The van der Waals surface area contributed by atoms with E-state index in [0.717, 1.165) is 63.6 Å².